The maximum Gasteiger partial charge on any atom is 0.130 e. The Balaban J connectivity index is 2.56. The Morgan fingerprint density at radius 2 is 2.13 bits per heavy atom. The van der Waals surface area contributed by atoms with E-state index in [1.807, 2.05) is 19.9 Å². The third-order valence-corrected chi connectivity index (χ3v) is 2.16. The fraction of sp³-hybridized carbons (Fsp3) is 0.636. The Kier molecular flexibility index (Phi) is 4.49. The minimum absolute atomic E-state index is 0.244. The van der Waals surface area contributed by atoms with Gasteiger partial charge < -0.3 is 10.4 Å². The fourth-order valence-corrected chi connectivity index (χ4v) is 1.51. The van der Waals surface area contributed by atoms with Crippen molar-refractivity contribution < 1.29 is 5.11 Å². The van der Waals surface area contributed by atoms with Crippen molar-refractivity contribution in [3.8, 4) is 0 Å². The molecule has 0 saturated heterocycles. The average molecular weight is 209 g/mol. The number of aromatic nitrogens is 2. The van der Waals surface area contributed by atoms with Crippen LogP contribution in [0.2, 0.25) is 0 Å². The molecule has 0 bridgehead atoms. The molecule has 0 amide bonds. The van der Waals surface area contributed by atoms with E-state index in [0.29, 0.717) is 6.04 Å². The molecule has 0 saturated carbocycles. The molecule has 0 fully saturated rings. The number of hydrogen-bond donors (Lipinski definition) is 2. The van der Waals surface area contributed by atoms with Crippen LogP contribution in [-0.2, 0) is 0 Å². The number of nitrogens with zero attached hydrogens (tertiary/aromatic N) is 2. The van der Waals surface area contributed by atoms with Gasteiger partial charge in [-0.15, -0.1) is 0 Å². The monoisotopic (exact) mass is 209 g/mol. The molecule has 1 aromatic rings. The SMILES string of the molecule is Cc1cc(NC(C)CCCO)nc(C)n1. The van der Waals surface area contributed by atoms with Crippen LogP contribution in [-0.4, -0.2) is 27.7 Å². The number of aryl methyl sites for hydroxylation is 2. The average Bonchev–Trinajstić information content (AvgIpc) is 2.13. The highest BCUT2D eigenvalue weighted by Gasteiger charge is 2.03. The van der Waals surface area contributed by atoms with Crippen LogP contribution >= 0.6 is 0 Å². The van der Waals surface area contributed by atoms with Gasteiger partial charge in [-0.2, -0.15) is 0 Å². The van der Waals surface area contributed by atoms with Crippen LogP contribution in [0.5, 0.6) is 0 Å². The van der Waals surface area contributed by atoms with E-state index in [1.165, 1.54) is 0 Å². The maximum atomic E-state index is 8.72. The molecule has 1 rings (SSSR count). The largest absolute Gasteiger partial charge is 0.396 e. The smallest absolute Gasteiger partial charge is 0.130 e. The lowest BCUT2D eigenvalue weighted by Gasteiger charge is -2.14. The lowest BCUT2D eigenvalue weighted by atomic mass is 10.2. The molecule has 4 heteroatoms. The molecule has 0 spiro atoms. The molecule has 0 aromatic carbocycles. The molecule has 0 aliphatic heterocycles. The number of anilines is 1. The minimum atomic E-state index is 0.244. The van der Waals surface area contributed by atoms with Gasteiger partial charge in [0.1, 0.15) is 11.6 Å². The molecule has 2 N–H and O–H groups in total. The summed E-state index contributed by atoms with van der Waals surface area (Å²) in [6.07, 6.45) is 1.76. The molecule has 0 radical (unpaired) electrons. The highest BCUT2D eigenvalue weighted by Crippen LogP contribution is 2.09. The summed E-state index contributed by atoms with van der Waals surface area (Å²) >= 11 is 0. The summed E-state index contributed by atoms with van der Waals surface area (Å²) in [7, 11) is 0. The zero-order valence-electron chi connectivity index (χ0n) is 9.62. The molecule has 1 atom stereocenters. The number of hydrogen-bond acceptors (Lipinski definition) is 4. The highest BCUT2D eigenvalue weighted by atomic mass is 16.2. The van der Waals surface area contributed by atoms with Gasteiger partial charge in [-0.1, -0.05) is 0 Å². The van der Waals surface area contributed by atoms with Crippen molar-refractivity contribution in [1.82, 2.24) is 9.97 Å². The van der Waals surface area contributed by atoms with Crippen LogP contribution in [0.25, 0.3) is 0 Å². The lowest BCUT2D eigenvalue weighted by Crippen LogP contribution is -2.17. The van der Waals surface area contributed by atoms with Gasteiger partial charge in [0.05, 0.1) is 0 Å². The van der Waals surface area contributed by atoms with Crippen molar-refractivity contribution in [3.05, 3.63) is 17.6 Å². The van der Waals surface area contributed by atoms with E-state index in [9.17, 15) is 0 Å². The van der Waals surface area contributed by atoms with E-state index in [-0.39, 0.29) is 6.61 Å². The quantitative estimate of drug-likeness (QED) is 0.774. The number of nitrogens with one attached hydrogen (secondary N) is 1. The topological polar surface area (TPSA) is 58.0 Å². The van der Waals surface area contributed by atoms with E-state index in [0.717, 1.165) is 30.2 Å². The second-order valence-electron chi connectivity index (χ2n) is 3.85. The lowest BCUT2D eigenvalue weighted by molar-refractivity contribution is 0.282. The molecule has 1 unspecified atom stereocenters. The summed E-state index contributed by atoms with van der Waals surface area (Å²) in [5, 5.41) is 12.0. The van der Waals surface area contributed by atoms with Gasteiger partial charge in [0.2, 0.25) is 0 Å². The second kappa shape index (κ2) is 5.66. The van der Waals surface area contributed by atoms with Crippen LogP contribution in [0.3, 0.4) is 0 Å². The summed E-state index contributed by atoms with van der Waals surface area (Å²) in [5.41, 5.74) is 0.972. The predicted octanol–water partition coefficient (Wildman–Crippen LogP) is 1.67. The zero-order valence-corrected chi connectivity index (χ0v) is 9.62. The van der Waals surface area contributed by atoms with Crippen molar-refractivity contribution in [2.75, 3.05) is 11.9 Å². The van der Waals surface area contributed by atoms with Crippen LogP contribution in [0.4, 0.5) is 5.82 Å². The first-order valence-electron chi connectivity index (χ1n) is 5.31. The molecule has 0 aliphatic carbocycles. The first-order chi connectivity index (χ1) is 7.11. The van der Waals surface area contributed by atoms with E-state index in [4.69, 9.17) is 5.11 Å². The van der Waals surface area contributed by atoms with Gasteiger partial charge in [-0.05, 0) is 33.6 Å². The maximum absolute atomic E-state index is 8.72. The zero-order chi connectivity index (χ0) is 11.3. The van der Waals surface area contributed by atoms with Crippen LogP contribution in [0.1, 0.15) is 31.3 Å². The van der Waals surface area contributed by atoms with Gasteiger partial charge in [0, 0.05) is 24.4 Å². The van der Waals surface area contributed by atoms with Gasteiger partial charge in [0.25, 0.3) is 0 Å². The molecule has 1 aromatic heterocycles. The summed E-state index contributed by atoms with van der Waals surface area (Å²) in [4.78, 5) is 8.51. The number of aliphatic hydroxyl groups is 1. The normalized spacial score (nSPS) is 12.5. The predicted molar refractivity (Wildman–Crippen MR) is 60.9 cm³/mol. The van der Waals surface area contributed by atoms with Gasteiger partial charge in [0.15, 0.2) is 0 Å². The van der Waals surface area contributed by atoms with Crippen molar-refractivity contribution in [3.63, 3.8) is 0 Å². The first kappa shape index (κ1) is 11.9. The van der Waals surface area contributed by atoms with E-state index < -0.39 is 0 Å². The standard InChI is InChI=1S/C11H19N3O/c1-8(5-4-6-15)13-11-7-9(2)12-10(3)14-11/h7-8,15H,4-6H2,1-3H3,(H,12,13,14). The summed E-state index contributed by atoms with van der Waals surface area (Å²) < 4.78 is 0. The van der Waals surface area contributed by atoms with Gasteiger partial charge >= 0.3 is 0 Å². The van der Waals surface area contributed by atoms with E-state index in [2.05, 4.69) is 22.2 Å². The molecular weight excluding hydrogens is 190 g/mol. The molecule has 4 nitrogen and oxygen atoms in total. The third-order valence-electron chi connectivity index (χ3n) is 2.16. The van der Waals surface area contributed by atoms with E-state index in [1.54, 1.807) is 0 Å². The summed E-state index contributed by atoms with van der Waals surface area (Å²) in [5.74, 6) is 1.65. The number of rotatable bonds is 5. The Labute approximate surface area is 90.8 Å². The molecule has 0 aliphatic rings. The summed E-state index contributed by atoms with van der Waals surface area (Å²) in [6, 6.07) is 2.26. The second-order valence-corrected chi connectivity index (χ2v) is 3.85. The van der Waals surface area contributed by atoms with Gasteiger partial charge in [-0.3, -0.25) is 0 Å². The minimum Gasteiger partial charge on any atom is -0.396 e. The Bertz CT molecular complexity index is 294. The van der Waals surface area contributed by atoms with E-state index >= 15 is 0 Å². The van der Waals surface area contributed by atoms with Crippen LogP contribution in [0.15, 0.2) is 6.07 Å². The Morgan fingerprint density at radius 3 is 2.73 bits per heavy atom. The molecule has 1 heterocycles. The Morgan fingerprint density at radius 1 is 1.40 bits per heavy atom. The van der Waals surface area contributed by atoms with Crippen LogP contribution < -0.4 is 5.32 Å². The van der Waals surface area contributed by atoms with Crippen molar-refractivity contribution in [2.24, 2.45) is 0 Å². The molecular formula is C11H19N3O. The first-order valence-corrected chi connectivity index (χ1v) is 5.31. The third kappa shape index (κ3) is 4.25. The van der Waals surface area contributed by atoms with Crippen molar-refractivity contribution in [2.45, 2.75) is 39.7 Å². The molecule has 84 valence electrons. The van der Waals surface area contributed by atoms with Crippen molar-refractivity contribution >= 4 is 5.82 Å². The van der Waals surface area contributed by atoms with Gasteiger partial charge in [-0.25, -0.2) is 9.97 Å². The Hall–Kier alpha value is -1.16. The number of aliphatic hydroxyl groups excluding tert-OH is 1. The highest BCUT2D eigenvalue weighted by molar-refractivity contribution is 5.36. The summed E-state index contributed by atoms with van der Waals surface area (Å²) in [6.45, 7) is 6.17. The van der Waals surface area contributed by atoms with Crippen LogP contribution in [0, 0.1) is 13.8 Å². The van der Waals surface area contributed by atoms with Crippen molar-refractivity contribution in [1.29, 1.82) is 0 Å². The fourth-order valence-electron chi connectivity index (χ4n) is 1.51. The molecule has 15 heavy (non-hydrogen) atoms.